The highest BCUT2D eigenvalue weighted by molar-refractivity contribution is 5.90. The number of nitrogen functional groups attached to an aromatic ring is 2. The van der Waals surface area contributed by atoms with Crippen LogP contribution in [-0.4, -0.2) is 0 Å². The Balaban J connectivity index is 2.29. The third kappa shape index (κ3) is 1.60. The number of hydrogen-bond acceptors (Lipinski definition) is 3. The molecule has 0 aliphatic heterocycles. The van der Waals surface area contributed by atoms with Gasteiger partial charge in [0.1, 0.15) is 0 Å². The highest BCUT2D eigenvalue weighted by Crippen LogP contribution is 2.46. The first-order valence-corrected chi connectivity index (χ1v) is 6.33. The van der Waals surface area contributed by atoms with Gasteiger partial charge in [-0.2, -0.15) is 0 Å². The van der Waals surface area contributed by atoms with Gasteiger partial charge in [-0.15, -0.1) is 0 Å². The van der Waals surface area contributed by atoms with Crippen LogP contribution in [0.4, 0.5) is 11.4 Å². The first-order valence-electron chi connectivity index (χ1n) is 6.33. The van der Waals surface area contributed by atoms with Crippen molar-refractivity contribution in [1.82, 2.24) is 0 Å². The summed E-state index contributed by atoms with van der Waals surface area (Å²) in [6.45, 7) is 4.18. The maximum Gasteiger partial charge on any atom is 0.0777 e. The molecule has 19 heavy (non-hydrogen) atoms. The van der Waals surface area contributed by atoms with Crippen LogP contribution in [0.5, 0.6) is 0 Å². The summed E-state index contributed by atoms with van der Waals surface area (Å²) in [4.78, 5) is 0. The molecule has 3 heteroatoms. The zero-order valence-electron chi connectivity index (χ0n) is 11.1. The normalized spacial score (nSPS) is 20.6. The minimum Gasteiger partial charge on any atom is -0.397 e. The van der Waals surface area contributed by atoms with Crippen LogP contribution in [0.3, 0.4) is 0 Å². The van der Waals surface area contributed by atoms with Gasteiger partial charge in [-0.3, -0.25) is 0 Å². The third-order valence-electron chi connectivity index (χ3n) is 3.96. The van der Waals surface area contributed by atoms with Crippen molar-refractivity contribution in [2.24, 2.45) is 5.73 Å². The summed E-state index contributed by atoms with van der Waals surface area (Å²) in [6, 6.07) is 3.93. The van der Waals surface area contributed by atoms with Gasteiger partial charge in [0, 0.05) is 5.92 Å². The molecule has 0 saturated carbocycles. The zero-order chi connectivity index (χ0) is 13.7. The van der Waals surface area contributed by atoms with E-state index in [1.807, 2.05) is 25.1 Å². The van der Waals surface area contributed by atoms with Gasteiger partial charge in [0.25, 0.3) is 0 Å². The van der Waals surface area contributed by atoms with E-state index in [4.69, 9.17) is 17.2 Å². The summed E-state index contributed by atoms with van der Waals surface area (Å²) >= 11 is 0. The number of allylic oxidation sites excluding steroid dienone is 4. The molecule has 0 bridgehead atoms. The van der Waals surface area contributed by atoms with Crippen molar-refractivity contribution in [3.8, 4) is 0 Å². The Morgan fingerprint density at radius 3 is 2.53 bits per heavy atom. The van der Waals surface area contributed by atoms with Crippen LogP contribution in [0, 0.1) is 0 Å². The van der Waals surface area contributed by atoms with Crippen LogP contribution in [0.1, 0.15) is 30.9 Å². The van der Waals surface area contributed by atoms with Crippen molar-refractivity contribution in [3.05, 3.63) is 58.0 Å². The second-order valence-corrected chi connectivity index (χ2v) is 5.19. The summed E-state index contributed by atoms with van der Waals surface area (Å²) in [6.07, 6.45) is 4.09. The molecule has 0 heterocycles. The van der Waals surface area contributed by atoms with Crippen molar-refractivity contribution >= 4 is 16.9 Å². The molecule has 0 amide bonds. The molecule has 3 nitrogen and oxygen atoms in total. The second-order valence-electron chi connectivity index (χ2n) is 5.19. The van der Waals surface area contributed by atoms with Crippen LogP contribution >= 0.6 is 0 Å². The third-order valence-corrected chi connectivity index (χ3v) is 3.96. The molecule has 2 aliphatic carbocycles. The molecule has 3 rings (SSSR count). The van der Waals surface area contributed by atoms with Gasteiger partial charge < -0.3 is 17.2 Å². The standard InChI is InChI=1S/C16H17N3/c1-8-5-11-9(2)12-6-15(18)16(19)7-13(12)10(11)3-4-14(8)17/h3,5-7,9H,17-19H2,1-2H3. The van der Waals surface area contributed by atoms with Crippen LogP contribution < -0.4 is 17.2 Å². The van der Waals surface area contributed by atoms with Gasteiger partial charge in [0.15, 0.2) is 0 Å². The monoisotopic (exact) mass is 251 g/mol. The molecule has 0 aromatic heterocycles. The Hall–Kier alpha value is -2.38. The van der Waals surface area contributed by atoms with Crippen LogP contribution in [0.15, 0.2) is 46.9 Å². The van der Waals surface area contributed by atoms with E-state index < -0.39 is 0 Å². The molecule has 6 N–H and O–H groups in total. The van der Waals surface area contributed by atoms with Gasteiger partial charge in [-0.25, -0.2) is 0 Å². The quantitative estimate of drug-likeness (QED) is 0.490. The van der Waals surface area contributed by atoms with E-state index in [-0.39, 0.29) is 0 Å². The molecular weight excluding hydrogens is 234 g/mol. The maximum absolute atomic E-state index is 5.94. The fourth-order valence-corrected chi connectivity index (χ4v) is 2.74. The first-order chi connectivity index (χ1) is 8.99. The van der Waals surface area contributed by atoms with E-state index in [1.54, 1.807) is 0 Å². The second kappa shape index (κ2) is 3.81. The average Bonchev–Trinajstić information content (AvgIpc) is 2.52. The van der Waals surface area contributed by atoms with Gasteiger partial charge in [0.2, 0.25) is 0 Å². The van der Waals surface area contributed by atoms with E-state index in [1.165, 1.54) is 11.1 Å². The summed E-state index contributed by atoms with van der Waals surface area (Å²) in [5.74, 6) is 0.298. The van der Waals surface area contributed by atoms with Gasteiger partial charge in [-0.05, 0) is 53.0 Å². The average molecular weight is 251 g/mol. The Kier molecular flexibility index (Phi) is 2.34. The lowest BCUT2D eigenvalue weighted by atomic mass is 9.95. The molecule has 1 unspecified atom stereocenters. The number of hydrogen-bond donors (Lipinski definition) is 3. The number of benzene rings is 1. The Labute approximate surface area is 112 Å². The Morgan fingerprint density at radius 1 is 1.11 bits per heavy atom. The van der Waals surface area contributed by atoms with Gasteiger partial charge >= 0.3 is 0 Å². The predicted octanol–water partition coefficient (Wildman–Crippen LogP) is 2.68. The molecule has 0 radical (unpaired) electrons. The highest BCUT2D eigenvalue weighted by Gasteiger charge is 2.27. The topological polar surface area (TPSA) is 78.1 Å². The lowest BCUT2D eigenvalue weighted by molar-refractivity contribution is 0.945. The molecule has 2 aliphatic rings. The fraction of sp³-hybridized carbons (Fsp3) is 0.188. The van der Waals surface area contributed by atoms with Gasteiger partial charge in [-0.1, -0.05) is 18.7 Å². The van der Waals surface area contributed by atoms with Crippen molar-refractivity contribution in [2.45, 2.75) is 19.8 Å². The lowest BCUT2D eigenvalue weighted by Gasteiger charge is -2.11. The zero-order valence-corrected chi connectivity index (χ0v) is 11.1. The predicted molar refractivity (Wildman–Crippen MR) is 80.1 cm³/mol. The van der Waals surface area contributed by atoms with Gasteiger partial charge in [0.05, 0.1) is 17.1 Å². The molecule has 1 atom stereocenters. The van der Waals surface area contributed by atoms with Crippen LogP contribution in [0.2, 0.25) is 0 Å². The number of nitrogens with two attached hydrogens (primary N) is 3. The Bertz CT molecular complexity index is 714. The molecule has 0 saturated heterocycles. The largest absolute Gasteiger partial charge is 0.397 e. The van der Waals surface area contributed by atoms with E-state index in [0.29, 0.717) is 23.0 Å². The minimum absolute atomic E-state index is 0.298. The van der Waals surface area contributed by atoms with E-state index in [0.717, 1.165) is 16.7 Å². The Morgan fingerprint density at radius 2 is 1.79 bits per heavy atom. The summed E-state index contributed by atoms with van der Waals surface area (Å²) in [5, 5.41) is 0. The van der Waals surface area contributed by atoms with E-state index in [2.05, 4.69) is 18.7 Å². The first kappa shape index (κ1) is 11.7. The molecule has 0 spiro atoms. The smallest absolute Gasteiger partial charge is 0.0777 e. The summed E-state index contributed by atoms with van der Waals surface area (Å²) in [7, 11) is 0. The van der Waals surface area contributed by atoms with Crippen molar-refractivity contribution in [1.29, 1.82) is 0 Å². The van der Waals surface area contributed by atoms with E-state index in [9.17, 15) is 0 Å². The summed E-state index contributed by atoms with van der Waals surface area (Å²) < 4.78 is 0. The highest BCUT2D eigenvalue weighted by atomic mass is 14.7. The maximum atomic E-state index is 5.94. The summed E-state index contributed by atoms with van der Waals surface area (Å²) in [5.41, 5.74) is 28.7. The molecule has 0 fully saturated rings. The van der Waals surface area contributed by atoms with Crippen LogP contribution in [0.25, 0.3) is 5.57 Å². The van der Waals surface area contributed by atoms with E-state index >= 15 is 0 Å². The van der Waals surface area contributed by atoms with Crippen molar-refractivity contribution in [2.75, 3.05) is 11.5 Å². The van der Waals surface area contributed by atoms with Crippen molar-refractivity contribution < 1.29 is 0 Å². The fourth-order valence-electron chi connectivity index (χ4n) is 2.74. The minimum atomic E-state index is 0.298. The lowest BCUT2D eigenvalue weighted by Crippen LogP contribution is -2.00. The molecule has 1 aromatic carbocycles. The SMILES string of the molecule is CC1=CC2=C(C=C=C1N)c1cc(N)c(N)cc1C2C. The number of fused-ring (bicyclic) bond motifs is 2. The molecule has 1 aromatic rings. The number of anilines is 2. The molecular formula is C16H17N3. The van der Waals surface area contributed by atoms with Crippen molar-refractivity contribution in [3.63, 3.8) is 0 Å². The van der Waals surface area contributed by atoms with Crippen LogP contribution in [-0.2, 0) is 0 Å². The number of rotatable bonds is 0. The molecule has 96 valence electrons.